The Balaban J connectivity index is 1.71. The zero-order chi connectivity index (χ0) is 13.7. The molecule has 19 heavy (non-hydrogen) atoms. The first-order valence-electron chi connectivity index (χ1n) is 7.71. The van der Waals surface area contributed by atoms with Crippen molar-refractivity contribution in [3.63, 3.8) is 0 Å². The molecule has 106 valence electrons. The van der Waals surface area contributed by atoms with Gasteiger partial charge in [-0.05, 0) is 49.0 Å². The molecule has 1 aliphatic heterocycles. The van der Waals surface area contributed by atoms with Gasteiger partial charge in [0.15, 0.2) is 0 Å². The largest absolute Gasteiger partial charge is 0.312 e. The van der Waals surface area contributed by atoms with Crippen LogP contribution in [0.25, 0.3) is 0 Å². The second-order valence-corrected chi connectivity index (χ2v) is 6.08. The topological polar surface area (TPSA) is 15.3 Å². The normalized spacial score (nSPS) is 20.3. The first-order chi connectivity index (χ1) is 9.19. The van der Waals surface area contributed by atoms with Crippen molar-refractivity contribution in [3.8, 4) is 0 Å². The van der Waals surface area contributed by atoms with E-state index >= 15 is 0 Å². The minimum atomic E-state index is 0.625. The van der Waals surface area contributed by atoms with Crippen LogP contribution in [0.4, 0.5) is 0 Å². The molecule has 0 amide bonds. The minimum absolute atomic E-state index is 0.625. The summed E-state index contributed by atoms with van der Waals surface area (Å²) < 4.78 is 0. The molecule has 1 aliphatic rings. The highest BCUT2D eigenvalue weighted by Gasteiger charge is 2.20. The lowest BCUT2D eigenvalue weighted by atomic mass is 10.0. The van der Waals surface area contributed by atoms with E-state index in [1.54, 1.807) is 0 Å². The molecule has 2 rings (SSSR count). The van der Waals surface area contributed by atoms with Crippen LogP contribution in [0.1, 0.15) is 44.2 Å². The third kappa shape index (κ3) is 4.32. The van der Waals surface area contributed by atoms with Crippen LogP contribution >= 0.6 is 0 Å². The van der Waals surface area contributed by atoms with Crippen molar-refractivity contribution in [1.82, 2.24) is 10.2 Å². The van der Waals surface area contributed by atoms with Crippen molar-refractivity contribution in [1.29, 1.82) is 0 Å². The monoisotopic (exact) mass is 260 g/mol. The molecule has 0 spiro atoms. The Morgan fingerprint density at radius 3 is 2.58 bits per heavy atom. The predicted octanol–water partition coefficient (Wildman–Crippen LogP) is 3.24. The maximum absolute atomic E-state index is 3.61. The summed E-state index contributed by atoms with van der Waals surface area (Å²) >= 11 is 0. The molecule has 0 aliphatic carbocycles. The second-order valence-electron chi connectivity index (χ2n) is 6.08. The van der Waals surface area contributed by atoms with Crippen molar-refractivity contribution >= 4 is 0 Å². The molecule has 1 aromatic carbocycles. The van der Waals surface area contributed by atoms with Crippen molar-refractivity contribution < 1.29 is 0 Å². The fourth-order valence-electron chi connectivity index (χ4n) is 2.81. The highest BCUT2D eigenvalue weighted by Crippen LogP contribution is 2.16. The van der Waals surface area contributed by atoms with Gasteiger partial charge in [0.1, 0.15) is 0 Å². The molecule has 1 unspecified atom stereocenters. The molecule has 0 aromatic heterocycles. The summed E-state index contributed by atoms with van der Waals surface area (Å²) in [4.78, 5) is 2.55. The van der Waals surface area contributed by atoms with Gasteiger partial charge in [-0.25, -0.2) is 0 Å². The number of nitrogens with zero attached hydrogens (tertiary/aromatic N) is 1. The van der Waals surface area contributed by atoms with Crippen molar-refractivity contribution in [3.05, 3.63) is 35.4 Å². The summed E-state index contributed by atoms with van der Waals surface area (Å²) in [7, 11) is 0. The van der Waals surface area contributed by atoms with Crippen molar-refractivity contribution in [2.75, 3.05) is 26.2 Å². The lowest BCUT2D eigenvalue weighted by molar-refractivity contribution is 0.339. The van der Waals surface area contributed by atoms with Gasteiger partial charge >= 0.3 is 0 Å². The molecule has 2 nitrogen and oxygen atoms in total. The van der Waals surface area contributed by atoms with Crippen LogP contribution in [0.5, 0.6) is 0 Å². The van der Waals surface area contributed by atoms with Gasteiger partial charge in [-0.3, -0.25) is 0 Å². The van der Waals surface area contributed by atoms with E-state index in [9.17, 15) is 0 Å². The summed E-state index contributed by atoms with van der Waals surface area (Å²) in [6.45, 7) is 12.7. The van der Waals surface area contributed by atoms with E-state index in [1.807, 2.05) is 0 Å². The third-order valence-corrected chi connectivity index (χ3v) is 4.23. The highest BCUT2D eigenvalue weighted by atomic mass is 15.1. The predicted molar refractivity (Wildman–Crippen MR) is 82.5 cm³/mol. The number of nitrogens with one attached hydrogen (secondary N) is 1. The summed E-state index contributed by atoms with van der Waals surface area (Å²) in [6.07, 6.45) is 1.35. The molecule has 2 heteroatoms. The van der Waals surface area contributed by atoms with Crippen LogP contribution in [0.15, 0.2) is 24.3 Å². The Kier molecular flexibility index (Phi) is 5.41. The molecule has 0 saturated carbocycles. The van der Waals surface area contributed by atoms with E-state index in [-0.39, 0.29) is 0 Å². The molecule has 1 N–H and O–H groups in total. The van der Waals surface area contributed by atoms with Gasteiger partial charge in [0.2, 0.25) is 0 Å². The molecule has 1 heterocycles. The summed E-state index contributed by atoms with van der Waals surface area (Å²) in [5.74, 6) is 1.47. The van der Waals surface area contributed by atoms with Crippen molar-refractivity contribution in [2.24, 2.45) is 5.92 Å². The Hall–Kier alpha value is -0.860. The van der Waals surface area contributed by atoms with E-state index in [4.69, 9.17) is 0 Å². The molecule has 1 aromatic rings. The Labute approximate surface area is 118 Å². The average Bonchev–Trinajstić information content (AvgIpc) is 2.87. The van der Waals surface area contributed by atoms with E-state index in [0.717, 1.165) is 19.0 Å². The smallest absolute Gasteiger partial charge is 0.0205 e. The first-order valence-corrected chi connectivity index (χ1v) is 7.71. The van der Waals surface area contributed by atoms with Crippen molar-refractivity contribution in [2.45, 2.75) is 39.7 Å². The Morgan fingerprint density at radius 1 is 1.26 bits per heavy atom. The lowest BCUT2D eigenvalue weighted by Crippen LogP contribution is -2.26. The van der Waals surface area contributed by atoms with E-state index in [0.29, 0.717) is 5.92 Å². The number of hydrogen-bond donors (Lipinski definition) is 1. The van der Waals surface area contributed by atoms with Crippen LogP contribution < -0.4 is 5.32 Å². The maximum atomic E-state index is 3.61. The van der Waals surface area contributed by atoms with Gasteiger partial charge in [-0.1, -0.05) is 45.0 Å². The average molecular weight is 260 g/mol. The molecular formula is C17H28N2. The molecule has 0 radical (unpaired) electrons. The second kappa shape index (κ2) is 7.06. The maximum Gasteiger partial charge on any atom is 0.0205 e. The summed E-state index contributed by atoms with van der Waals surface area (Å²) in [5.41, 5.74) is 2.83. The first kappa shape index (κ1) is 14.5. The fraction of sp³-hybridized carbons (Fsp3) is 0.647. The Bertz CT molecular complexity index is 369. The van der Waals surface area contributed by atoms with E-state index in [2.05, 4.69) is 55.3 Å². The third-order valence-electron chi connectivity index (χ3n) is 4.23. The van der Waals surface area contributed by atoms with Gasteiger partial charge in [0.05, 0.1) is 0 Å². The minimum Gasteiger partial charge on any atom is -0.312 e. The van der Waals surface area contributed by atoms with Crippen LogP contribution in [0.2, 0.25) is 0 Å². The summed E-state index contributed by atoms with van der Waals surface area (Å²) in [6, 6.07) is 9.04. The molecule has 1 fully saturated rings. The van der Waals surface area contributed by atoms with E-state index < -0.39 is 0 Å². The fourth-order valence-corrected chi connectivity index (χ4v) is 2.81. The molecule has 1 atom stereocenters. The standard InChI is InChI=1S/C17H28N2/c1-4-19-10-9-16(13-19)12-18-11-15-5-7-17(8-6-15)14(2)3/h5-8,14,16,18H,4,9-13H2,1-3H3. The zero-order valence-corrected chi connectivity index (χ0v) is 12.7. The lowest BCUT2D eigenvalue weighted by Gasteiger charge is -2.14. The van der Waals surface area contributed by atoms with Gasteiger partial charge in [0.25, 0.3) is 0 Å². The number of rotatable bonds is 6. The highest BCUT2D eigenvalue weighted by molar-refractivity contribution is 5.24. The zero-order valence-electron chi connectivity index (χ0n) is 12.7. The quantitative estimate of drug-likeness (QED) is 0.844. The van der Waals surface area contributed by atoms with E-state index in [1.165, 1.54) is 37.2 Å². The van der Waals surface area contributed by atoms with Crippen LogP contribution in [0, 0.1) is 5.92 Å². The van der Waals surface area contributed by atoms with Crippen LogP contribution in [0.3, 0.4) is 0 Å². The van der Waals surface area contributed by atoms with Gasteiger partial charge < -0.3 is 10.2 Å². The molecule has 0 bridgehead atoms. The Morgan fingerprint density at radius 2 is 2.00 bits per heavy atom. The molecular weight excluding hydrogens is 232 g/mol. The number of hydrogen-bond acceptors (Lipinski definition) is 2. The summed E-state index contributed by atoms with van der Waals surface area (Å²) in [5, 5.41) is 3.61. The SMILES string of the molecule is CCN1CCC(CNCc2ccc(C(C)C)cc2)C1. The van der Waals surface area contributed by atoms with Crippen LogP contribution in [-0.2, 0) is 6.54 Å². The number of likely N-dealkylation sites (tertiary alicyclic amines) is 1. The van der Waals surface area contributed by atoms with Gasteiger partial charge in [-0.2, -0.15) is 0 Å². The molecule has 1 saturated heterocycles. The van der Waals surface area contributed by atoms with Gasteiger partial charge in [-0.15, -0.1) is 0 Å². The van der Waals surface area contributed by atoms with Crippen LogP contribution in [-0.4, -0.2) is 31.1 Å². The number of benzene rings is 1. The van der Waals surface area contributed by atoms with Gasteiger partial charge in [0, 0.05) is 13.1 Å².